The van der Waals surface area contributed by atoms with Crippen molar-refractivity contribution in [2.45, 2.75) is 26.3 Å². The van der Waals surface area contributed by atoms with Gasteiger partial charge in [-0.2, -0.15) is 0 Å². The molecule has 152 valence electrons. The molecule has 0 atom stereocenters. The van der Waals surface area contributed by atoms with E-state index in [1.165, 1.54) is 22.3 Å². The van der Waals surface area contributed by atoms with E-state index >= 15 is 0 Å². The summed E-state index contributed by atoms with van der Waals surface area (Å²) in [5.41, 5.74) is 4.80. The summed E-state index contributed by atoms with van der Waals surface area (Å²) in [5, 5.41) is 6.74. The van der Waals surface area contributed by atoms with Crippen LogP contribution in [0.25, 0.3) is 0 Å². The molecule has 0 saturated heterocycles. The van der Waals surface area contributed by atoms with Crippen LogP contribution in [-0.4, -0.2) is 13.0 Å². The van der Waals surface area contributed by atoms with Gasteiger partial charge in [-0.25, -0.2) is 0 Å². The van der Waals surface area contributed by atoms with E-state index in [1.54, 1.807) is 7.05 Å². The Balaban J connectivity index is 0.00000300. The van der Waals surface area contributed by atoms with Crippen LogP contribution in [0.5, 0.6) is 0 Å². The van der Waals surface area contributed by atoms with E-state index in [2.05, 4.69) is 58.1 Å². The minimum atomic E-state index is 0. The zero-order chi connectivity index (χ0) is 19.4. The van der Waals surface area contributed by atoms with Crippen LogP contribution in [0.15, 0.2) is 89.9 Å². The molecule has 0 spiro atoms. The molecule has 0 aliphatic carbocycles. The maximum atomic E-state index is 5.91. The summed E-state index contributed by atoms with van der Waals surface area (Å²) in [4.78, 5) is 4.31. The number of ether oxygens (including phenoxy) is 1. The van der Waals surface area contributed by atoms with Gasteiger partial charge < -0.3 is 15.4 Å². The minimum Gasteiger partial charge on any atom is -0.372 e. The summed E-state index contributed by atoms with van der Waals surface area (Å²) >= 11 is 0. The van der Waals surface area contributed by atoms with E-state index in [0.717, 1.165) is 12.5 Å². The Labute approximate surface area is 190 Å². The Hall–Kier alpha value is -2.38. The number of rotatable bonds is 8. The van der Waals surface area contributed by atoms with E-state index in [1.807, 2.05) is 42.5 Å². The fourth-order valence-electron chi connectivity index (χ4n) is 2.91. The van der Waals surface area contributed by atoms with Gasteiger partial charge in [0, 0.05) is 20.1 Å². The van der Waals surface area contributed by atoms with Crippen molar-refractivity contribution in [1.82, 2.24) is 10.6 Å². The second-order valence-corrected chi connectivity index (χ2v) is 6.51. The van der Waals surface area contributed by atoms with E-state index in [9.17, 15) is 0 Å². The van der Waals surface area contributed by atoms with Crippen molar-refractivity contribution in [2.75, 3.05) is 7.05 Å². The predicted molar refractivity (Wildman–Crippen MR) is 130 cm³/mol. The zero-order valence-electron chi connectivity index (χ0n) is 16.7. The lowest BCUT2D eigenvalue weighted by atomic mass is 10.1. The molecule has 3 aromatic carbocycles. The van der Waals surface area contributed by atoms with Crippen molar-refractivity contribution in [2.24, 2.45) is 4.99 Å². The average Bonchev–Trinajstić information content (AvgIpc) is 2.76. The number of guanidine groups is 1. The summed E-state index contributed by atoms with van der Waals surface area (Å²) in [6.45, 7) is 2.63. The van der Waals surface area contributed by atoms with E-state index < -0.39 is 0 Å². The Kier molecular flexibility index (Phi) is 10.2. The Morgan fingerprint density at radius 2 is 1.24 bits per heavy atom. The molecule has 0 aromatic heterocycles. The van der Waals surface area contributed by atoms with Crippen LogP contribution >= 0.6 is 24.0 Å². The maximum Gasteiger partial charge on any atom is 0.191 e. The second kappa shape index (κ2) is 13.0. The number of halogens is 1. The van der Waals surface area contributed by atoms with Gasteiger partial charge in [0.15, 0.2) is 5.96 Å². The van der Waals surface area contributed by atoms with Gasteiger partial charge in [0.25, 0.3) is 0 Å². The van der Waals surface area contributed by atoms with Crippen molar-refractivity contribution in [3.63, 3.8) is 0 Å². The third-order valence-electron chi connectivity index (χ3n) is 4.46. The summed E-state index contributed by atoms with van der Waals surface area (Å²) in [6, 6.07) is 28.9. The number of aliphatic imine (C=N–C) groups is 1. The molecule has 0 fully saturated rings. The monoisotopic (exact) mass is 501 g/mol. The third-order valence-corrected chi connectivity index (χ3v) is 4.46. The van der Waals surface area contributed by atoms with Crippen molar-refractivity contribution >= 4 is 29.9 Å². The van der Waals surface area contributed by atoms with Crippen molar-refractivity contribution in [1.29, 1.82) is 0 Å². The van der Waals surface area contributed by atoms with Crippen LogP contribution < -0.4 is 10.6 Å². The lowest BCUT2D eigenvalue weighted by molar-refractivity contribution is 0.106. The SMILES string of the molecule is CN=C(NCc1ccccc1)NCc1ccccc1COCc1ccccc1.I. The molecule has 0 aliphatic rings. The standard InChI is InChI=1S/C24H27N3O.HI/c1-25-24(26-16-20-10-4-2-5-11-20)27-17-22-14-8-9-15-23(22)19-28-18-21-12-6-3-7-13-21;/h2-15H,16-19H2,1H3,(H2,25,26,27);1H. The highest BCUT2D eigenvalue weighted by Gasteiger charge is 2.04. The highest BCUT2D eigenvalue weighted by Crippen LogP contribution is 2.11. The molecule has 0 unspecified atom stereocenters. The number of nitrogens with one attached hydrogen (secondary N) is 2. The highest BCUT2D eigenvalue weighted by atomic mass is 127. The van der Waals surface area contributed by atoms with Crippen LogP contribution in [0.1, 0.15) is 22.3 Å². The van der Waals surface area contributed by atoms with E-state index in [-0.39, 0.29) is 24.0 Å². The predicted octanol–water partition coefficient (Wildman–Crippen LogP) is 4.89. The fraction of sp³-hybridized carbons (Fsp3) is 0.208. The van der Waals surface area contributed by atoms with Crippen LogP contribution in [0.4, 0.5) is 0 Å². The lowest BCUT2D eigenvalue weighted by Gasteiger charge is -2.14. The van der Waals surface area contributed by atoms with Gasteiger partial charge in [-0.15, -0.1) is 24.0 Å². The molecule has 0 amide bonds. The summed E-state index contributed by atoms with van der Waals surface area (Å²) < 4.78 is 5.91. The van der Waals surface area contributed by atoms with Gasteiger partial charge in [-0.1, -0.05) is 84.9 Å². The minimum absolute atomic E-state index is 0. The average molecular weight is 501 g/mol. The Morgan fingerprint density at radius 1 is 0.690 bits per heavy atom. The molecule has 2 N–H and O–H groups in total. The third kappa shape index (κ3) is 7.87. The van der Waals surface area contributed by atoms with E-state index in [0.29, 0.717) is 19.8 Å². The van der Waals surface area contributed by atoms with Crippen LogP contribution in [-0.2, 0) is 31.0 Å². The second-order valence-electron chi connectivity index (χ2n) is 6.51. The van der Waals surface area contributed by atoms with Gasteiger partial charge in [-0.05, 0) is 22.3 Å². The van der Waals surface area contributed by atoms with Crippen molar-refractivity contribution < 1.29 is 4.74 Å². The van der Waals surface area contributed by atoms with Gasteiger partial charge in [-0.3, -0.25) is 4.99 Å². The van der Waals surface area contributed by atoms with Crippen LogP contribution in [0, 0.1) is 0 Å². The van der Waals surface area contributed by atoms with Crippen LogP contribution in [0.3, 0.4) is 0 Å². The molecule has 0 saturated carbocycles. The molecule has 29 heavy (non-hydrogen) atoms. The van der Waals surface area contributed by atoms with Gasteiger partial charge in [0.1, 0.15) is 0 Å². The van der Waals surface area contributed by atoms with Gasteiger partial charge >= 0.3 is 0 Å². The number of benzene rings is 3. The smallest absolute Gasteiger partial charge is 0.191 e. The van der Waals surface area contributed by atoms with Gasteiger partial charge in [0.05, 0.1) is 13.2 Å². The summed E-state index contributed by atoms with van der Waals surface area (Å²) in [5.74, 6) is 0.781. The number of hydrogen-bond acceptors (Lipinski definition) is 2. The molecule has 0 heterocycles. The lowest BCUT2D eigenvalue weighted by Crippen LogP contribution is -2.36. The van der Waals surface area contributed by atoms with Crippen molar-refractivity contribution in [3.05, 3.63) is 107 Å². The molecule has 4 nitrogen and oxygen atoms in total. The number of hydrogen-bond donors (Lipinski definition) is 2. The van der Waals surface area contributed by atoms with Crippen LogP contribution in [0.2, 0.25) is 0 Å². The largest absolute Gasteiger partial charge is 0.372 e. The molecule has 0 radical (unpaired) electrons. The summed E-state index contributed by atoms with van der Waals surface area (Å²) in [6.07, 6.45) is 0. The normalized spacial score (nSPS) is 10.9. The molecule has 3 aromatic rings. The molecule has 5 heteroatoms. The highest BCUT2D eigenvalue weighted by molar-refractivity contribution is 14.0. The molecule has 0 bridgehead atoms. The fourth-order valence-corrected chi connectivity index (χ4v) is 2.91. The first-order valence-electron chi connectivity index (χ1n) is 9.52. The first-order chi connectivity index (χ1) is 13.8. The maximum absolute atomic E-state index is 5.91. The quantitative estimate of drug-likeness (QED) is 0.263. The molecule has 3 rings (SSSR count). The Bertz CT molecular complexity index is 870. The zero-order valence-corrected chi connectivity index (χ0v) is 19.0. The molecule has 0 aliphatic heterocycles. The Morgan fingerprint density at radius 3 is 1.90 bits per heavy atom. The summed E-state index contributed by atoms with van der Waals surface area (Å²) in [7, 11) is 1.79. The molecular weight excluding hydrogens is 473 g/mol. The number of nitrogens with zero attached hydrogens (tertiary/aromatic N) is 1. The van der Waals surface area contributed by atoms with E-state index in [4.69, 9.17) is 4.74 Å². The molecular formula is C24H28IN3O. The first kappa shape index (κ1) is 22.9. The topological polar surface area (TPSA) is 45.7 Å². The van der Waals surface area contributed by atoms with Crippen molar-refractivity contribution in [3.8, 4) is 0 Å². The first-order valence-corrected chi connectivity index (χ1v) is 9.52. The van der Waals surface area contributed by atoms with Gasteiger partial charge in [0.2, 0.25) is 0 Å².